The van der Waals surface area contributed by atoms with Crippen LogP contribution in [-0.4, -0.2) is 14.2 Å². The third-order valence-corrected chi connectivity index (χ3v) is 3.98. The topological polar surface area (TPSA) is 72.5 Å². The SMILES string of the molecule is CC(C)(C)C(=O)C[C@@H]1NS(=O)(=O)Oc2ccccc21. The van der Waals surface area contributed by atoms with Gasteiger partial charge in [-0.3, -0.25) is 4.79 Å². The van der Waals surface area contributed by atoms with Gasteiger partial charge in [0.2, 0.25) is 0 Å². The Morgan fingerprint density at radius 1 is 1.32 bits per heavy atom. The van der Waals surface area contributed by atoms with E-state index in [-0.39, 0.29) is 18.0 Å². The highest BCUT2D eigenvalue weighted by Gasteiger charge is 2.34. The molecule has 0 aliphatic carbocycles. The first-order valence-electron chi connectivity index (χ1n) is 6.03. The number of hydrogen-bond acceptors (Lipinski definition) is 4. The molecule has 1 aliphatic rings. The Morgan fingerprint density at radius 3 is 2.58 bits per heavy atom. The van der Waals surface area contributed by atoms with Crippen LogP contribution in [0, 0.1) is 5.41 Å². The van der Waals surface area contributed by atoms with Gasteiger partial charge in [-0.15, -0.1) is 0 Å². The summed E-state index contributed by atoms with van der Waals surface area (Å²) in [5, 5.41) is 0. The highest BCUT2D eigenvalue weighted by atomic mass is 32.2. The summed E-state index contributed by atoms with van der Waals surface area (Å²) in [6.07, 6.45) is 0.114. The third-order valence-electron chi connectivity index (χ3n) is 3.01. The van der Waals surface area contributed by atoms with Crippen molar-refractivity contribution in [2.24, 2.45) is 5.41 Å². The van der Waals surface area contributed by atoms with Crippen LogP contribution in [0.3, 0.4) is 0 Å². The van der Waals surface area contributed by atoms with Crippen molar-refractivity contribution in [1.82, 2.24) is 4.72 Å². The molecule has 0 unspecified atom stereocenters. The van der Waals surface area contributed by atoms with Crippen molar-refractivity contribution in [2.45, 2.75) is 33.2 Å². The summed E-state index contributed by atoms with van der Waals surface area (Å²) in [6, 6.07) is 6.26. The second-order valence-corrected chi connectivity index (χ2v) is 6.93. The van der Waals surface area contributed by atoms with Crippen LogP contribution in [0.4, 0.5) is 0 Å². The van der Waals surface area contributed by atoms with Crippen LogP contribution in [0.1, 0.15) is 38.8 Å². The first-order chi connectivity index (χ1) is 8.69. The fourth-order valence-electron chi connectivity index (χ4n) is 1.87. The molecule has 0 spiro atoms. The molecule has 1 aliphatic heterocycles. The molecular formula is C13H17NO4S. The molecule has 5 nitrogen and oxygen atoms in total. The van der Waals surface area contributed by atoms with E-state index in [1.807, 2.05) is 20.8 Å². The predicted molar refractivity (Wildman–Crippen MR) is 70.9 cm³/mol. The maximum Gasteiger partial charge on any atom is 0.383 e. The second kappa shape index (κ2) is 4.61. The van der Waals surface area contributed by atoms with Gasteiger partial charge in [0.25, 0.3) is 0 Å². The summed E-state index contributed by atoms with van der Waals surface area (Å²) >= 11 is 0. The number of fused-ring (bicyclic) bond motifs is 1. The van der Waals surface area contributed by atoms with Gasteiger partial charge >= 0.3 is 10.3 Å². The maximum absolute atomic E-state index is 12.1. The zero-order valence-corrected chi connectivity index (χ0v) is 12.0. The number of nitrogens with one attached hydrogen (secondary N) is 1. The molecular weight excluding hydrogens is 266 g/mol. The number of para-hydroxylation sites is 1. The number of carbonyl (C=O) groups is 1. The second-order valence-electron chi connectivity index (χ2n) is 5.62. The molecule has 0 radical (unpaired) electrons. The molecule has 0 saturated heterocycles. The van der Waals surface area contributed by atoms with Crippen LogP contribution < -0.4 is 8.91 Å². The zero-order valence-electron chi connectivity index (χ0n) is 11.1. The molecule has 2 rings (SSSR count). The molecule has 1 atom stereocenters. The Labute approximate surface area is 113 Å². The molecule has 1 aromatic carbocycles. The average Bonchev–Trinajstić information content (AvgIpc) is 2.26. The summed E-state index contributed by atoms with van der Waals surface area (Å²) < 4.78 is 30.5. The lowest BCUT2D eigenvalue weighted by molar-refractivity contribution is -0.126. The lowest BCUT2D eigenvalue weighted by Gasteiger charge is -2.27. The van der Waals surface area contributed by atoms with Crippen molar-refractivity contribution in [3.8, 4) is 5.75 Å². The molecule has 1 heterocycles. The fraction of sp³-hybridized carbons (Fsp3) is 0.462. The van der Waals surface area contributed by atoms with Gasteiger partial charge in [-0.05, 0) is 6.07 Å². The van der Waals surface area contributed by atoms with E-state index in [0.29, 0.717) is 5.56 Å². The van der Waals surface area contributed by atoms with E-state index in [1.54, 1.807) is 24.3 Å². The molecule has 1 N–H and O–H groups in total. The number of rotatable bonds is 2. The van der Waals surface area contributed by atoms with Crippen LogP contribution in [0.2, 0.25) is 0 Å². The van der Waals surface area contributed by atoms with E-state index in [1.165, 1.54) is 0 Å². The monoisotopic (exact) mass is 283 g/mol. The molecule has 0 saturated carbocycles. The first-order valence-corrected chi connectivity index (χ1v) is 7.44. The highest BCUT2D eigenvalue weighted by molar-refractivity contribution is 7.85. The predicted octanol–water partition coefficient (Wildman–Crippen LogP) is 1.96. The minimum absolute atomic E-state index is 0.00287. The summed E-state index contributed by atoms with van der Waals surface area (Å²) in [5.74, 6) is 0.282. The van der Waals surface area contributed by atoms with Crippen LogP contribution in [0.25, 0.3) is 0 Å². The first kappa shape index (κ1) is 14.0. The lowest BCUT2D eigenvalue weighted by atomic mass is 9.86. The Kier molecular flexibility index (Phi) is 3.40. The van der Waals surface area contributed by atoms with Crippen LogP contribution in [0.15, 0.2) is 24.3 Å². The van der Waals surface area contributed by atoms with Crippen molar-refractivity contribution < 1.29 is 17.4 Å². The van der Waals surface area contributed by atoms with Crippen LogP contribution in [0.5, 0.6) is 5.75 Å². The number of ketones is 1. The standard InChI is InChI=1S/C13H17NO4S/c1-13(2,3)12(15)8-10-9-6-4-5-7-11(9)18-19(16,17)14-10/h4-7,10,14H,8H2,1-3H3/t10-/m0/s1. The largest absolute Gasteiger partial charge is 0.383 e. The van der Waals surface area contributed by atoms with E-state index >= 15 is 0 Å². The Balaban J connectivity index is 2.33. The van der Waals surface area contributed by atoms with Crippen LogP contribution in [-0.2, 0) is 15.1 Å². The molecule has 0 amide bonds. The van der Waals surface area contributed by atoms with E-state index in [9.17, 15) is 13.2 Å². The van der Waals surface area contributed by atoms with Crippen molar-refractivity contribution >= 4 is 16.1 Å². The minimum atomic E-state index is -3.84. The van der Waals surface area contributed by atoms with Crippen molar-refractivity contribution in [1.29, 1.82) is 0 Å². The average molecular weight is 283 g/mol. The summed E-state index contributed by atoms with van der Waals surface area (Å²) in [5.41, 5.74) is 0.188. The van der Waals surface area contributed by atoms with Gasteiger partial charge in [0.15, 0.2) is 0 Å². The summed E-state index contributed by atoms with van der Waals surface area (Å²) in [7, 11) is -3.84. The van der Waals surface area contributed by atoms with Gasteiger partial charge in [0.1, 0.15) is 11.5 Å². The number of Topliss-reactive ketones (excluding diaryl/α,β-unsaturated/α-hetero) is 1. The molecule has 0 aromatic heterocycles. The lowest BCUT2D eigenvalue weighted by Crippen LogP contribution is -2.39. The van der Waals surface area contributed by atoms with E-state index in [2.05, 4.69) is 4.72 Å². The fourth-order valence-corrected chi connectivity index (χ4v) is 2.86. The zero-order chi connectivity index (χ0) is 14.3. The smallest absolute Gasteiger partial charge is 0.371 e. The quantitative estimate of drug-likeness (QED) is 0.900. The van der Waals surface area contributed by atoms with Crippen molar-refractivity contribution in [2.75, 3.05) is 0 Å². The molecule has 1 aromatic rings. The molecule has 0 fully saturated rings. The molecule has 19 heavy (non-hydrogen) atoms. The summed E-state index contributed by atoms with van der Waals surface area (Å²) in [6.45, 7) is 5.44. The highest BCUT2D eigenvalue weighted by Crippen LogP contribution is 2.34. The number of benzene rings is 1. The van der Waals surface area contributed by atoms with Crippen molar-refractivity contribution in [3.63, 3.8) is 0 Å². The van der Waals surface area contributed by atoms with Gasteiger partial charge in [-0.2, -0.15) is 13.1 Å². The normalized spacial score (nSPS) is 21.3. The van der Waals surface area contributed by atoms with Crippen molar-refractivity contribution in [3.05, 3.63) is 29.8 Å². The van der Waals surface area contributed by atoms with Gasteiger partial charge in [-0.1, -0.05) is 39.0 Å². The Bertz CT molecular complexity index is 601. The summed E-state index contributed by atoms with van der Waals surface area (Å²) in [4.78, 5) is 12.1. The van der Waals surface area contributed by atoms with Crippen LogP contribution >= 0.6 is 0 Å². The van der Waals surface area contributed by atoms with E-state index < -0.39 is 21.8 Å². The molecule has 6 heteroatoms. The Morgan fingerprint density at radius 2 is 1.95 bits per heavy atom. The van der Waals surface area contributed by atoms with Gasteiger partial charge in [0, 0.05) is 17.4 Å². The molecule has 104 valence electrons. The third kappa shape index (κ3) is 3.13. The van der Waals surface area contributed by atoms with Gasteiger partial charge in [0.05, 0.1) is 6.04 Å². The minimum Gasteiger partial charge on any atom is -0.371 e. The van der Waals surface area contributed by atoms with E-state index in [0.717, 1.165) is 0 Å². The number of hydrogen-bond donors (Lipinski definition) is 1. The van der Waals surface area contributed by atoms with Gasteiger partial charge in [-0.25, -0.2) is 0 Å². The number of carbonyl (C=O) groups excluding carboxylic acids is 1. The van der Waals surface area contributed by atoms with Gasteiger partial charge < -0.3 is 4.18 Å². The van der Waals surface area contributed by atoms with E-state index in [4.69, 9.17) is 4.18 Å². The Hall–Kier alpha value is -1.40. The molecule has 0 bridgehead atoms. The maximum atomic E-state index is 12.1.